The Morgan fingerprint density at radius 1 is 1.67 bits per heavy atom. The van der Waals surface area contributed by atoms with Crippen molar-refractivity contribution in [2.45, 2.75) is 19.4 Å². The molecule has 0 spiro atoms. The highest BCUT2D eigenvalue weighted by molar-refractivity contribution is 4.94. The van der Waals surface area contributed by atoms with Crippen molar-refractivity contribution < 1.29 is 0 Å². The molecule has 0 aromatic rings. The van der Waals surface area contributed by atoms with Crippen LogP contribution >= 0.6 is 0 Å². The molecule has 1 fully saturated rings. The summed E-state index contributed by atoms with van der Waals surface area (Å²) in [6, 6.07) is 0. The molecule has 0 aromatic carbocycles. The van der Waals surface area contributed by atoms with Gasteiger partial charge in [-0.3, -0.25) is 0 Å². The quantitative estimate of drug-likeness (QED) is 0.508. The SMILES string of the molecule is C[C@@H]1CN(C)C[C@@]1(C)N. The predicted molar refractivity (Wildman–Crippen MR) is 39.3 cm³/mol. The molecule has 1 aliphatic rings. The maximum atomic E-state index is 5.97. The fourth-order valence-electron chi connectivity index (χ4n) is 1.48. The average molecular weight is 128 g/mol. The summed E-state index contributed by atoms with van der Waals surface area (Å²) in [5.74, 6) is 0.641. The van der Waals surface area contributed by atoms with Crippen molar-refractivity contribution in [3.05, 3.63) is 0 Å². The second-order valence-corrected chi connectivity index (χ2v) is 3.60. The molecule has 54 valence electrons. The van der Waals surface area contributed by atoms with Gasteiger partial charge in [0.05, 0.1) is 0 Å². The minimum atomic E-state index is 0.0503. The number of nitrogens with zero attached hydrogens (tertiary/aromatic N) is 1. The lowest BCUT2D eigenvalue weighted by Crippen LogP contribution is -2.43. The smallest absolute Gasteiger partial charge is 0.0292 e. The minimum absolute atomic E-state index is 0.0503. The topological polar surface area (TPSA) is 29.3 Å². The Balaban J connectivity index is 2.58. The molecule has 1 aliphatic heterocycles. The van der Waals surface area contributed by atoms with E-state index in [4.69, 9.17) is 5.73 Å². The van der Waals surface area contributed by atoms with E-state index in [1.165, 1.54) is 0 Å². The van der Waals surface area contributed by atoms with Crippen LogP contribution in [-0.4, -0.2) is 30.6 Å². The van der Waals surface area contributed by atoms with E-state index in [1.807, 2.05) is 0 Å². The number of likely N-dealkylation sites (tertiary alicyclic amines) is 1. The van der Waals surface area contributed by atoms with Crippen LogP contribution in [0, 0.1) is 5.92 Å². The van der Waals surface area contributed by atoms with Crippen molar-refractivity contribution in [3.63, 3.8) is 0 Å². The molecular formula is C7H16N2. The molecule has 2 N–H and O–H groups in total. The first-order valence-electron chi connectivity index (χ1n) is 3.50. The maximum Gasteiger partial charge on any atom is 0.0292 e. The van der Waals surface area contributed by atoms with Gasteiger partial charge in [0.2, 0.25) is 0 Å². The molecule has 1 saturated heterocycles. The first-order chi connectivity index (χ1) is 4.02. The summed E-state index contributed by atoms with van der Waals surface area (Å²) in [5, 5.41) is 0. The molecule has 9 heavy (non-hydrogen) atoms. The Hall–Kier alpha value is -0.0800. The molecule has 2 atom stereocenters. The lowest BCUT2D eigenvalue weighted by atomic mass is 9.92. The van der Waals surface area contributed by atoms with Gasteiger partial charge < -0.3 is 10.6 Å². The normalized spacial score (nSPS) is 46.0. The Bertz CT molecular complexity index is 109. The summed E-state index contributed by atoms with van der Waals surface area (Å²) in [7, 11) is 2.12. The molecule has 0 unspecified atom stereocenters. The van der Waals surface area contributed by atoms with Gasteiger partial charge in [-0.15, -0.1) is 0 Å². The van der Waals surface area contributed by atoms with Crippen molar-refractivity contribution in [3.8, 4) is 0 Å². The second-order valence-electron chi connectivity index (χ2n) is 3.60. The summed E-state index contributed by atoms with van der Waals surface area (Å²) in [6.07, 6.45) is 0. The summed E-state index contributed by atoms with van der Waals surface area (Å²) >= 11 is 0. The molecule has 0 radical (unpaired) electrons. The summed E-state index contributed by atoms with van der Waals surface area (Å²) in [6.45, 7) is 6.52. The Morgan fingerprint density at radius 3 is 2.33 bits per heavy atom. The lowest BCUT2D eigenvalue weighted by molar-refractivity contribution is 0.378. The zero-order chi connectivity index (χ0) is 7.07. The zero-order valence-electron chi connectivity index (χ0n) is 6.52. The van der Waals surface area contributed by atoms with Crippen LogP contribution < -0.4 is 5.73 Å². The van der Waals surface area contributed by atoms with Crippen molar-refractivity contribution in [2.75, 3.05) is 20.1 Å². The number of hydrogen-bond donors (Lipinski definition) is 1. The van der Waals surface area contributed by atoms with Crippen LogP contribution in [-0.2, 0) is 0 Å². The average Bonchev–Trinajstić information content (AvgIpc) is 1.79. The molecule has 0 aliphatic carbocycles. The summed E-state index contributed by atoms with van der Waals surface area (Å²) < 4.78 is 0. The number of likely N-dealkylation sites (N-methyl/N-ethyl adjacent to an activating group) is 1. The van der Waals surface area contributed by atoms with Crippen LogP contribution in [0.1, 0.15) is 13.8 Å². The van der Waals surface area contributed by atoms with Gasteiger partial charge in [0.15, 0.2) is 0 Å². The van der Waals surface area contributed by atoms with Crippen molar-refractivity contribution in [2.24, 2.45) is 11.7 Å². The standard InChI is InChI=1S/C7H16N2/c1-6-4-9(3)5-7(6,2)8/h6H,4-5,8H2,1-3H3/t6-,7-/m1/s1. The van der Waals surface area contributed by atoms with Crippen molar-refractivity contribution >= 4 is 0 Å². The zero-order valence-corrected chi connectivity index (χ0v) is 6.52. The van der Waals surface area contributed by atoms with E-state index in [2.05, 4.69) is 25.8 Å². The molecule has 1 heterocycles. The molecule has 2 nitrogen and oxygen atoms in total. The molecule has 1 rings (SSSR count). The molecule has 0 aromatic heterocycles. The highest BCUT2D eigenvalue weighted by atomic mass is 15.2. The van der Waals surface area contributed by atoms with Gasteiger partial charge in [-0.05, 0) is 19.9 Å². The molecule has 2 heteroatoms. The third kappa shape index (κ3) is 1.25. The van der Waals surface area contributed by atoms with Gasteiger partial charge in [0.1, 0.15) is 0 Å². The van der Waals surface area contributed by atoms with E-state index >= 15 is 0 Å². The van der Waals surface area contributed by atoms with Crippen LogP contribution in [0.25, 0.3) is 0 Å². The van der Waals surface area contributed by atoms with E-state index in [9.17, 15) is 0 Å². The first kappa shape index (κ1) is 7.03. The number of nitrogens with two attached hydrogens (primary N) is 1. The van der Waals surface area contributed by atoms with Gasteiger partial charge >= 0.3 is 0 Å². The number of hydrogen-bond acceptors (Lipinski definition) is 2. The lowest BCUT2D eigenvalue weighted by Gasteiger charge is -2.21. The number of rotatable bonds is 0. The maximum absolute atomic E-state index is 5.97. The van der Waals surface area contributed by atoms with E-state index in [0.717, 1.165) is 13.1 Å². The third-order valence-corrected chi connectivity index (χ3v) is 2.32. The summed E-state index contributed by atoms with van der Waals surface area (Å²) in [4.78, 5) is 2.28. The fraction of sp³-hybridized carbons (Fsp3) is 1.00. The highest BCUT2D eigenvalue weighted by Gasteiger charge is 2.34. The largest absolute Gasteiger partial charge is 0.324 e. The Morgan fingerprint density at radius 2 is 2.22 bits per heavy atom. The van der Waals surface area contributed by atoms with Gasteiger partial charge in [-0.2, -0.15) is 0 Å². The summed E-state index contributed by atoms with van der Waals surface area (Å²) in [5.41, 5.74) is 6.02. The van der Waals surface area contributed by atoms with Crippen LogP contribution in [0.4, 0.5) is 0 Å². The van der Waals surface area contributed by atoms with E-state index in [-0.39, 0.29) is 5.54 Å². The van der Waals surface area contributed by atoms with Crippen LogP contribution in [0.3, 0.4) is 0 Å². The first-order valence-corrected chi connectivity index (χ1v) is 3.50. The Labute approximate surface area is 57.0 Å². The van der Waals surface area contributed by atoms with Crippen molar-refractivity contribution in [1.82, 2.24) is 4.90 Å². The van der Waals surface area contributed by atoms with Crippen LogP contribution in [0.2, 0.25) is 0 Å². The predicted octanol–water partition coefficient (Wildman–Crippen LogP) is 0.285. The fourth-order valence-corrected chi connectivity index (χ4v) is 1.48. The van der Waals surface area contributed by atoms with E-state index < -0.39 is 0 Å². The molecule has 0 saturated carbocycles. The van der Waals surface area contributed by atoms with Crippen LogP contribution in [0.5, 0.6) is 0 Å². The Kier molecular flexibility index (Phi) is 1.53. The highest BCUT2D eigenvalue weighted by Crippen LogP contribution is 2.22. The van der Waals surface area contributed by atoms with Gasteiger partial charge in [0.25, 0.3) is 0 Å². The van der Waals surface area contributed by atoms with Crippen LogP contribution in [0.15, 0.2) is 0 Å². The molecule has 0 amide bonds. The second kappa shape index (κ2) is 1.96. The monoisotopic (exact) mass is 128 g/mol. The minimum Gasteiger partial charge on any atom is -0.324 e. The van der Waals surface area contributed by atoms with Gasteiger partial charge in [-0.25, -0.2) is 0 Å². The van der Waals surface area contributed by atoms with Gasteiger partial charge in [0, 0.05) is 18.6 Å². The van der Waals surface area contributed by atoms with Gasteiger partial charge in [-0.1, -0.05) is 6.92 Å². The van der Waals surface area contributed by atoms with Crippen molar-refractivity contribution in [1.29, 1.82) is 0 Å². The van der Waals surface area contributed by atoms with E-state index in [1.54, 1.807) is 0 Å². The molecular weight excluding hydrogens is 112 g/mol. The third-order valence-electron chi connectivity index (χ3n) is 2.32. The molecule has 0 bridgehead atoms. The van der Waals surface area contributed by atoms with E-state index in [0.29, 0.717) is 5.92 Å².